The first kappa shape index (κ1) is 14.2. The maximum atomic E-state index is 12.4. The van der Waals surface area contributed by atoms with Crippen molar-refractivity contribution in [2.45, 2.75) is 38.0 Å². The standard InChI is InChI=1S/C14H19NO3S/c1-12(16)10-14-8-5-9-15(14)19(17,18)11-13-6-3-2-4-7-13/h2-4,6-7,14H,5,8-11H2,1H3. The van der Waals surface area contributed by atoms with Crippen LogP contribution >= 0.6 is 0 Å². The Morgan fingerprint density at radius 1 is 1.32 bits per heavy atom. The van der Waals surface area contributed by atoms with Crippen molar-refractivity contribution < 1.29 is 13.2 Å². The molecule has 0 amide bonds. The molecule has 1 aromatic carbocycles. The van der Waals surface area contributed by atoms with Gasteiger partial charge in [-0.25, -0.2) is 8.42 Å². The van der Waals surface area contributed by atoms with Gasteiger partial charge in [0.25, 0.3) is 0 Å². The highest BCUT2D eigenvalue weighted by Gasteiger charge is 2.34. The van der Waals surface area contributed by atoms with Crippen LogP contribution in [0, 0.1) is 0 Å². The Kier molecular flexibility index (Phi) is 4.37. The van der Waals surface area contributed by atoms with Crippen molar-refractivity contribution in [3.8, 4) is 0 Å². The van der Waals surface area contributed by atoms with E-state index in [0.717, 1.165) is 18.4 Å². The number of carbonyl (C=O) groups excluding carboxylic acids is 1. The average Bonchev–Trinajstić information content (AvgIpc) is 2.77. The molecule has 1 unspecified atom stereocenters. The fourth-order valence-electron chi connectivity index (χ4n) is 2.58. The van der Waals surface area contributed by atoms with Crippen LogP contribution < -0.4 is 0 Å². The van der Waals surface area contributed by atoms with Gasteiger partial charge in [0.2, 0.25) is 10.0 Å². The Morgan fingerprint density at radius 3 is 2.63 bits per heavy atom. The molecule has 4 nitrogen and oxygen atoms in total. The van der Waals surface area contributed by atoms with Gasteiger partial charge in [-0.1, -0.05) is 30.3 Å². The minimum Gasteiger partial charge on any atom is -0.300 e. The highest BCUT2D eigenvalue weighted by atomic mass is 32.2. The predicted octanol–water partition coefficient (Wildman–Crippen LogP) is 1.96. The SMILES string of the molecule is CC(=O)CC1CCCN1S(=O)(=O)Cc1ccccc1. The van der Waals surface area contributed by atoms with Crippen LogP contribution in [0.5, 0.6) is 0 Å². The van der Waals surface area contributed by atoms with Gasteiger partial charge in [-0.2, -0.15) is 4.31 Å². The maximum absolute atomic E-state index is 12.4. The minimum atomic E-state index is -3.33. The van der Waals surface area contributed by atoms with Crippen LogP contribution in [0.25, 0.3) is 0 Å². The summed E-state index contributed by atoms with van der Waals surface area (Å²) in [4.78, 5) is 11.2. The summed E-state index contributed by atoms with van der Waals surface area (Å²) >= 11 is 0. The van der Waals surface area contributed by atoms with Gasteiger partial charge in [-0.15, -0.1) is 0 Å². The molecular weight excluding hydrogens is 262 g/mol. The molecule has 1 saturated heterocycles. The summed E-state index contributed by atoms with van der Waals surface area (Å²) < 4.78 is 26.3. The van der Waals surface area contributed by atoms with Gasteiger partial charge in [0.15, 0.2) is 0 Å². The number of nitrogens with zero attached hydrogens (tertiary/aromatic N) is 1. The molecule has 0 aromatic heterocycles. The average molecular weight is 281 g/mol. The van der Waals surface area contributed by atoms with Crippen molar-refractivity contribution in [2.75, 3.05) is 6.54 Å². The van der Waals surface area contributed by atoms with E-state index < -0.39 is 10.0 Å². The third-order valence-corrected chi connectivity index (χ3v) is 5.29. The summed E-state index contributed by atoms with van der Waals surface area (Å²) in [5.74, 6) is 0.0641. The maximum Gasteiger partial charge on any atom is 0.218 e. The summed E-state index contributed by atoms with van der Waals surface area (Å²) in [5, 5.41) is 0. The minimum absolute atomic E-state index is 0.0161. The van der Waals surface area contributed by atoms with Crippen molar-refractivity contribution >= 4 is 15.8 Å². The third kappa shape index (κ3) is 3.64. The molecule has 0 N–H and O–H groups in total. The van der Waals surface area contributed by atoms with Gasteiger partial charge >= 0.3 is 0 Å². The van der Waals surface area contributed by atoms with Crippen LogP contribution in [-0.2, 0) is 20.6 Å². The topological polar surface area (TPSA) is 54.5 Å². The van der Waals surface area contributed by atoms with E-state index in [2.05, 4.69) is 0 Å². The van der Waals surface area contributed by atoms with Crippen molar-refractivity contribution in [3.63, 3.8) is 0 Å². The first-order chi connectivity index (χ1) is 8.99. The van der Waals surface area contributed by atoms with Crippen LogP contribution in [0.15, 0.2) is 30.3 Å². The van der Waals surface area contributed by atoms with Crippen molar-refractivity contribution in [1.29, 1.82) is 0 Å². The first-order valence-electron chi connectivity index (χ1n) is 6.52. The summed E-state index contributed by atoms with van der Waals surface area (Å²) in [6.07, 6.45) is 1.95. The number of benzene rings is 1. The zero-order valence-corrected chi connectivity index (χ0v) is 11.9. The Hall–Kier alpha value is -1.20. The Labute approximate surface area is 114 Å². The second kappa shape index (κ2) is 5.84. The lowest BCUT2D eigenvalue weighted by molar-refractivity contribution is -0.117. The van der Waals surface area contributed by atoms with Gasteiger partial charge in [-0.05, 0) is 25.3 Å². The molecule has 0 aliphatic carbocycles. The molecular formula is C14H19NO3S. The fourth-order valence-corrected chi connectivity index (χ4v) is 4.40. The normalized spacial score (nSPS) is 20.6. The molecule has 0 saturated carbocycles. The molecule has 2 rings (SSSR count). The van der Waals surface area contributed by atoms with E-state index in [1.165, 1.54) is 11.2 Å². The smallest absolute Gasteiger partial charge is 0.218 e. The Morgan fingerprint density at radius 2 is 2.00 bits per heavy atom. The second-order valence-corrected chi connectivity index (χ2v) is 6.98. The molecule has 0 radical (unpaired) electrons. The summed E-state index contributed by atoms with van der Waals surface area (Å²) in [7, 11) is -3.33. The zero-order valence-electron chi connectivity index (χ0n) is 11.1. The Balaban J connectivity index is 2.12. The molecule has 19 heavy (non-hydrogen) atoms. The van der Waals surface area contributed by atoms with Crippen molar-refractivity contribution in [1.82, 2.24) is 4.31 Å². The molecule has 5 heteroatoms. The lowest BCUT2D eigenvalue weighted by Gasteiger charge is -2.23. The molecule has 104 valence electrons. The highest BCUT2D eigenvalue weighted by Crippen LogP contribution is 2.25. The largest absolute Gasteiger partial charge is 0.300 e. The number of carbonyl (C=O) groups is 1. The molecule has 0 spiro atoms. The monoisotopic (exact) mass is 281 g/mol. The molecule has 1 aromatic rings. The van der Waals surface area contributed by atoms with E-state index in [0.29, 0.717) is 13.0 Å². The fraction of sp³-hybridized carbons (Fsp3) is 0.500. The van der Waals surface area contributed by atoms with Crippen LogP contribution in [0.2, 0.25) is 0 Å². The molecule has 1 aliphatic rings. The van der Waals surface area contributed by atoms with Gasteiger partial charge in [0.1, 0.15) is 5.78 Å². The lowest BCUT2D eigenvalue weighted by Crippen LogP contribution is -2.37. The predicted molar refractivity (Wildman–Crippen MR) is 74.1 cm³/mol. The number of hydrogen-bond acceptors (Lipinski definition) is 3. The zero-order chi connectivity index (χ0) is 13.9. The van der Waals surface area contributed by atoms with Crippen LogP contribution in [-0.4, -0.2) is 31.1 Å². The molecule has 1 fully saturated rings. The van der Waals surface area contributed by atoms with E-state index in [1.54, 1.807) is 0 Å². The summed E-state index contributed by atoms with van der Waals surface area (Å²) in [6, 6.07) is 9.02. The van der Waals surface area contributed by atoms with E-state index in [9.17, 15) is 13.2 Å². The van der Waals surface area contributed by atoms with Crippen molar-refractivity contribution in [3.05, 3.63) is 35.9 Å². The van der Waals surface area contributed by atoms with Crippen LogP contribution in [0.4, 0.5) is 0 Å². The first-order valence-corrected chi connectivity index (χ1v) is 8.13. The van der Waals surface area contributed by atoms with E-state index in [-0.39, 0.29) is 17.6 Å². The van der Waals surface area contributed by atoms with Gasteiger partial charge in [-0.3, -0.25) is 4.79 Å². The van der Waals surface area contributed by atoms with Gasteiger partial charge in [0, 0.05) is 19.0 Å². The van der Waals surface area contributed by atoms with Gasteiger partial charge < -0.3 is 0 Å². The second-order valence-electron chi connectivity index (χ2n) is 5.05. The molecule has 1 heterocycles. The number of hydrogen-bond donors (Lipinski definition) is 0. The summed E-state index contributed by atoms with van der Waals surface area (Å²) in [5.41, 5.74) is 0.788. The van der Waals surface area contributed by atoms with Gasteiger partial charge in [0.05, 0.1) is 5.75 Å². The Bertz CT molecular complexity index is 539. The molecule has 0 bridgehead atoms. The van der Waals surface area contributed by atoms with Crippen LogP contribution in [0.3, 0.4) is 0 Å². The summed E-state index contributed by atoms with van der Waals surface area (Å²) in [6.45, 7) is 2.05. The highest BCUT2D eigenvalue weighted by molar-refractivity contribution is 7.88. The number of rotatable bonds is 5. The van der Waals surface area contributed by atoms with Crippen LogP contribution in [0.1, 0.15) is 31.7 Å². The number of ketones is 1. The van der Waals surface area contributed by atoms with E-state index in [1.807, 2.05) is 30.3 Å². The molecule has 1 aliphatic heterocycles. The number of sulfonamides is 1. The lowest BCUT2D eigenvalue weighted by atomic mass is 10.1. The quantitative estimate of drug-likeness (QED) is 0.829. The molecule has 1 atom stereocenters. The van der Waals surface area contributed by atoms with E-state index >= 15 is 0 Å². The third-order valence-electron chi connectivity index (χ3n) is 3.40. The van der Waals surface area contributed by atoms with Crippen molar-refractivity contribution in [2.24, 2.45) is 0 Å². The van der Waals surface area contributed by atoms with E-state index in [4.69, 9.17) is 0 Å². The number of Topliss-reactive ketones (excluding diaryl/α,β-unsaturated/α-hetero) is 1.